The molecular formula is C18H27IN4O. The molecular weight excluding hydrogens is 415 g/mol. The molecule has 0 saturated carbocycles. The van der Waals surface area contributed by atoms with Gasteiger partial charge in [-0.3, -0.25) is 4.99 Å². The van der Waals surface area contributed by atoms with Crippen LogP contribution in [0.2, 0.25) is 0 Å². The SMILES string of the molecule is C#CCNC(=NCC1CCN(c2cccc(OC)c2)C1)NCC.I. The van der Waals surface area contributed by atoms with Gasteiger partial charge >= 0.3 is 0 Å². The number of aliphatic imine (C=N–C) groups is 1. The maximum absolute atomic E-state index is 5.30. The molecule has 2 rings (SSSR count). The van der Waals surface area contributed by atoms with Gasteiger partial charge in [0.05, 0.1) is 13.7 Å². The maximum Gasteiger partial charge on any atom is 0.192 e. The van der Waals surface area contributed by atoms with Gasteiger partial charge in [-0.05, 0) is 31.4 Å². The summed E-state index contributed by atoms with van der Waals surface area (Å²) in [6.07, 6.45) is 6.43. The van der Waals surface area contributed by atoms with Crippen LogP contribution in [0.25, 0.3) is 0 Å². The number of ether oxygens (including phenoxy) is 1. The van der Waals surface area contributed by atoms with Gasteiger partial charge < -0.3 is 20.3 Å². The molecule has 1 aliphatic rings. The molecule has 0 amide bonds. The number of nitrogens with one attached hydrogen (secondary N) is 2. The molecule has 6 heteroatoms. The fraction of sp³-hybridized carbons (Fsp3) is 0.500. The van der Waals surface area contributed by atoms with Crippen molar-refractivity contribution >= 4 is 35.6 Å². The zero-order valence-electron chi connectivity index (χ0n) is 14.4. The number of terminal acetylenes is 1. The zero-order chi connectivity index (χ0) is 16.5. The molecule has 5 nitrogen and oxygen atoms in total. The topological polar surface area (TPSA) is 48.9 Å². The summed E-state index contributed by atoms with van der Waals surface area (Å²) in [7, 11) is 1.70. The fourth-order valence-corrected chi connectivity index (χ4v) is 2.72. The molecule has 0 radical (unpaired) electrons. The average molecular weight is 442 g/mol. The van der Waals surface area contributed by atoms with Crippen LogP contribution in [-0.4, -0.2) is 45.8 Å². The molecule has 1 aromatic rings. The molecule has 0 spiro atoms. The van der Waals surface area contributed by atoms with E-state index in [-0.39, 0.29) is 24.0 Å². The Balaban J connectivity index is 0.00000288. The highest BCUT2D eigenvalue weighted by Crippen LogP contribution is 2.26. The third kappa shape index (κ3) is 6.11. The van der Waals surface area contributed by atoms with Gasteiger partial charge in [0.2, 0.25) is 0 Å². The quantitative estimate of drug-likeness (QED) is 0.308. The van der Waals surface area contributed by atoms with E-state index in [4.69, 9.17) is 11.2 Å². The number of methoxy groups -OCH3 is 1. The van der Waals surface area contributed by atoms with E-state index >= 15 is 0 Å². The molecule has 132 valence electrons. The maximum atomic E-state index is 5.30. The lowest BCUT2D eigenvalue weighted by atomic mass is 10.1. The summed E-state index contributed by atoms with van der Waals surface area (Å²) < 4.78 is 5.30. The number of guanidine groups is 1. The summed E-state index contributed by atoms with van der Waals surface area (Å²) in [5.74, 6) is 4.83. The number of anilines is 1. The highest BCUT2D eigenvalue weighted by Gasteiger charge is 2.22. The van der Waals surface area contributed by atoms with Crippen LogP contribution in [0.15, 0.2) is 29.3 Å². The second kappa shape index (κ2) is 11.0. The van der Waals surface area contributed by atoms with Gasteiger partial charge in [0.1, 0.15) is 5.75 Å². The molecule has 1 unspecified atom stereocenters. The summed E-state index contributed by atoms with van der Waals surface area (Å²) in [6.45, 7) is 6.25. The summed E-state index contributed by atoms with van der Waals surface area (Å²) in [4.78, 5) is 7.04. The molecule has 1 saturated heterocycles. The van der Waals surface area contributed by atoms with E-state index in [1.165, 1.54) is 5.69 Å². The largest absolute Gasteiger partial charge is 0.497 e. The van der Waals surface area contributed by atoms with Gasteiger partial charge in [0.15, 0.2) is 5.96 Å². The van der Waals surface area contributed by atoms with Crippen molar-refractivity contribution in [2.75, 3.05) is 44.7 Å². The summed E-state index contributed by atoms with van der Waals surface area (Å²) >= 11 is 0. The molecule has 0 aliphatic carbocycles. The number of hydrogen-bond donors (Lipinski definition) is 2. The summed E-state index contributed by atoms with van der Waals surface area (Å²) in [5, 5.41) is 6.34. The van der Waals surface area contributed by atoms with Crippen molar-refractivity contribution in [3.05, 3.63) is 24.3 Å². The third-order valence-electron chi connectivity index (χ3n) is 3.91. The van der Waals surface area contributed by atoms with Gasteiger partial charge in [-0.25, -0.2) is 0 Å². The second-order valence-electron chi connectivity index (χ2n) is 5.58. The molecule has 2 N–H and O–H groups in total. The molecule has 24 heavy (non-hydrogen) atoms. The van der Waals surface area contributed by atoms with E-state index in [9.17, 15) is 0 Å². The minimum atomic E-state index is 0. The Kier molecular flexibility index (Phi) is 9.38. The summed E-state index contributed by atoms with van der Waals surface area (Å²) in [6, 6.07) is 8.23. The summed E-state index contributed by atoms with van der Waals surface area (Å²) in [5.41, 5.74) is 1.22. The van der Waals surface area contributed by atoms with Crippen LogP contribution >= 0.6 is 24.0 Å². The van der Waals surface area contributed by atoms with Gasteiger partial charge in [0, 0.05) is 37.9 Å². The van der Waals surface area contributed by atoms with E-state index in [0.717, 1.165) is 44.3 Å². The number of hydrogen-bond acceptors (Lipinski definition) is 3. The molecule has 1 atom stereocenters. The number of rotatable bonds is 6. The van der Waals surface area contributed by atoms with E-state index in [0.29, 0.717) is 12.5 Å². The first-order valence-electron chi connectivity index (χ1n) is 8.11. The van der Waals surface area contributed by atoms with E-state index < -0.39 is 0 Å². The van der Waals surface area contributed by atoms with Crippen molar-refractivity contribution in [3.63, 3.8) is 0 Å². The van der Waals surface area contributed by atoms with Crippen molar-refractivity contribution in [1.29, 1.82) is 0 Å². The minimum absolute atomic E-state index is 0. The first kappa shape index (κ1) is 20.4. The van der Waals surface area contributed by atoms with Crippen LogP contribution < -0.4 is 20.3 Å². The zero-order valence-corrected chi connectivity index (χ0v) is 16.7. The van der Waals surface area contributed by atoms with Gasteiger partial charge in [-0.2, -0.15) is 0 Å². The van der Waals surface area contributed by atoms with E-state index in [1.807, 2.05) is 19.1 Å². The monoisotopic (exact) mass is 442 g/mol. The van der Waals surface area contributed by atoms with Crippen LogP contribution in [-0.2, 0) is 0 Å². The fourth-order valence-electron chi connectivity index (χ4n) is 2.72. The normalized spacial score (nSPS) is 17.0. The van der Waals surface area contributed by atoms with E-state index in [2.05, 4.69) is 38.6 Å². The molecule has 1 aromatic carbocycles. The van der Waals surface area contributed by atoms with Gasteiger partial charge in [-0.15, -0.1) is 30.4 Å². The predicted octanol–water partition coefficient (Wildman–Crippen LogP) is 2.33. The van der Waals surface area contributed by atoms with Crippen LogP contribution in [0.5, 0.6) is 5.75 Å². The highest BCUT2D eigenvalue weighted by atomic mass is 127. The second-order valence-corrected chi connectivity index (χ2v) is 5.58. The average Bonchev–Trinajstić information content (AvgIpc) is 3.06. The number of benzene rings is 1. The van der Waals surface area contributed by atoms with Crippen molar-refractivity contribution in [2.24, 2.45) is 10.9 Å². The van der Waals surface area contributed by atoms with E-state index in [1.54, 1.807) is 7.11 Å². The van der Waals surface area contributed by atoms with Gasteiger partial charge in [-0.1, -0.05) is 12.0 Å². The Bertz CT molecular complexity index is 570. The standard InChI is InChI=1S/C18H26N4O.HI/c1-4-10-20-18(19-5-2)21-13-15-9-11-22(14-15)16-7-6-8-17(12-16)23-3;/h1,6-8,12,15H,5,9-11,13-14H2,2-3H3,(H2,19,20,21);1H. The molecule has 0 aromatic heterocycles. The Hall–Kier alpha value is -1.62. The molecule has 0 bridgehead atoms. The Morgan fingerprint density at radius 2 is 2.29 bits per heavy atom. The smallest absolute Gasteiger partial charge is 0.192 e. The first-order valence-corrected chi connectivity index (χ1v) is 8.11. The lowest BCUT2D eigenvalue weighted by Crippen LogP contribution is -2.37. The first-order chi connectivity index (χ1) is 11.3. The van der Waals surface area contributed by atoms with Crippen molar-refractivity contribution in [2.45, 2.75) is 13.3 Å². The molecule has 1 heterocycles. The lowest BCUT2D eigenvalue weighted by Gasteiger charge is -2.19. The molecule has 1 fully saturated rings. The number of nitrogens with zero attached hydrogens (tertiary/aromatic N) is 2. The van der Waals surface area contributed by atoms with Crippen molar-refractivity contribution in [3.8, 4) is 18.1 Å². The highest BCUT2D eigenvalue weighted by molar-refractivity contribution is 14.0. The van der Waals surface area contributed by atoms with Crippen LogP contribution in [0.4, 0.5) is 5.69 Å². The van der Waals surface area contributed by atoms with Crippen molar-refractivity contribution < 1.29 is 4.74 Å². The number of halogens is 1. The Morgan fingerprint density at radius 3 is 3.00 bits per heavy atom. The van der Waals surface area contributed by atoms with Crippen LogP contribution in [0, 0.1) is 18.3 Å². The Labute approximate surface area is 162 Å². The lowest BCUT2D eigenvalue weighted by molar-refractivity contribution is 0.415. The van der Waals surface area contributed by atoms with Crippen LogP contribution in [0.3, 0.4) is 0 Å². The Morgan fingerprint density at radius 1 is 1.46 bits per heavy atom. The van der Waals surface area contributed by atoms with Gasteiger partial charge in [0.25, 0.3) is 0 Å². The predicted molar refractivity (Wildman–Crippen MR) is 112 cm³/mol. The third-order valence-corrected chi connectivity index (χ3v) is 3.91. The van der Waals surface area contributed by atoms with Crippen molar-refractivity contribution in [1.82, 2.24) is 10.6 Å². The molecule has 1 aliphatic heterocycles. The van der Waals surface area contributed by atoms with Crippen LogP contribution in [0.1, 0.15) is 13.3 Å². The minimum Gasteiger partial charge on any atom is -0.497 e.